The molecule has 24 heavy (non-hydrogen) atoms. The third-order valence-corrected chi connectivity index (χ3v) is 3.81. The second-order valence-electron chi connectivity index (χ2n) is 5.46. The summed E-state index contributed by atoms with van der Waals surface area (Å²) in [4.78, 5) is 23.2. The topological polar surface area (TPSA) is 58.2 Å². The Balaban J connectivity index is 1.77. The van der Waals surface area contributed by atoms with E-state index in [9.17, 15) is 18.4 Å². The molecule has 1 aliphatic heterocycles. The third kappa shape index (κ3) is 3.03. The Morgan fingerprint density at radius 2 is 2.04 bits per heavy atom. The molecule has 2 amide bonds. The molecule has 0 bridgehead atoms. The summed E-state index contributed by atoms with van der Waals surface area (Å²) in [7, 11) is 0. The van der Waals surface area contributed by atoms with Gasteiger partial charge < -0.3 is 10.6 Å². The van der Waals surface area contributed by atoms with E-state index in [0.717, 1.165) is 6.08 Å². The Labute approximate surface area is 137 Å². The van der Waals surface area contributed by atoms with Crippen LogP contribution in [-0.2, 0) is 16.0 Å². The number of hydrogen-bond donors (Lipinski definition) is 2. The first kappa shape index (κ1) is 15.9. The van der Waals surface area contributed by atoms with Crippen LogP contribution in [0, 0.1) is 18.6 Å². The lowest BCUT2D eigenvalue weighted by Crippen LogP contribution is -2.09. The summed E-state index contributed by atoms with van der Waals surface area (Å²) in [5, 5.41) is 5.00. The van der Waals surface area contributed by atoms with Crippen molar-refractivity contribution in [3.63, 3.8) is 0 Å². The summed E-state index contributed by atoms with van der Waals surface area (Å²) in [5.74, 6) is -1.77. The number of hydrogen-bond acceptors (Lipinski definition) is 2. The Hall–Kier alpha value is -3.02. The van der Waals surface area contributed by atoms with E-state index in [1.54, 1.807) is 19.1 Å². The monoisotopic (exact) mass is 328 g/mol. The molecular weight excluding hydrogens is 314 g/mol. The van der Waals surface area contributed by atoms with Gasteiger partial charge in [0.15, 0.2) is 5.82 Å². The lowest BCUT2D eigenvalue weighted by molar-refractivity contribution is -0.115. The van der Waals surface area contributed by atoms with E-state index in [0.29, 0.717) is 16.8 Å². The highest BCUT2D eigenvalue weighted by atomic mass is 19.1. The van der Waals surface area contributed by atoms with E-state index < -0.39 is 17.5 Å². The fourth-order valence-electron chi connectivity index (χ4n) is 2.48. The number of nitrogens with one attached hydrogen (secondary N) is 2. The molecule has 122 valence electrons. The highest BCUT2D eigenvalue weighted by Gasteiger charge is 2.22. The van der Waals surface area contributed by atoms with E-state index in [1.165, 1.54) is 24.3 Å². The molecule has 1 aliphatic rings. The van der Waals surface area contributed by atoms with Gasteiger partial charge in [-0.2, -0.15) is 0 Å². The minimum absolute atomic E-state index is 0.148. The number of benzene rings is 2. The van der Waals surface area contributed by atoms with Crippen molar-refractivity contribution in [2.45, 2.75) is 13.3 Å². The first-order valence-electron chi connectivity index (χ1n) is 7.31. The van der Waals surface area contributed by atoms with Crippen LogP contribution in [0.2, 0.25) is 0 Å². The number of carbonyl (C=O) groups is 2. The summed E-state index contributed by atoms with van der Waals surface area (Å²) in [6, 6.07) is 7.52. The van der Waals surface area contributed by atoms with Crippen LogP contribution in [0.25, 0.3) is 6.08 Å². The van der Waals surface area contributed by atoms with Crippen LogP contribution in [0.5, 0.6) is 0 Å². The lowest BCUT2D eigenvalue weighted by Gasteiger charge is -2.07. The van der Waals surface area contributed by atoms with E-state index in [1.807, 2.05) is 0 Å². The van der Waals surface area contributed by atoms with Crippen molar-refractivity contribution in [2.75, 3.05) is 10.6 Å². The number of anilines is 2. The molecule has 0 atom stereocenters. The quantitative estimate of drug-likeness (QED) is 0.848. The molecule has 0 saturated heterocycles. The van der Waals surface area contributed by atoms with Gasteiger partial charge in [-0.15, -0.1) is 0 Å². The summed E-state index contributed by atoms with van der Waals surface area (Å²) in [6.07, 6.45) is 2.62. The summed E-state index contributed by atoms with van der Waals surface area (Å²) in [6.45, 7) is 1.55. The number of rotatable bonds is 3. The van der Waals surface area contributed by atoms with Crippen LogP contribution in [-0.4, -0.2) is 11.8 Å². The number of carbonyl (C=O) groups excluding carboxylic acids is 2. The maximum absolute atomic E-state index is 14.3. The smallest absolute Gasteiger partial charge is 0.248 e. The lowest BCUT2D eigenvalue weighted by atomic mass is 10.1. The van der Waals surface area contributed by atoms with Crippen molar-refractivity contribution >= 4 is 29.3 Å². The fourth-order valence-corrected chi connectivity index (χ4v) is 2.48. The number of halogens is 2. The van der Waals surface area contributed by atoms with E-state index in [2.05, 4.69) is 10.6 Å². The van der Waals surface area contributed by atoms with Gasteiger partial charge in [-0.05, 0) is 30.7 Å². The molecular formula is C18H14F2N2O2. The number of fused-ring (bicyclic) bond motifs is 1. The zero-order valence-electron chi connectivity index (χ0n) is 12.8. The van der Waals surface area contributed by atoms with E-state index >= 15 is 0 Å². The molecule has 0 fully saturated rings. The van der Waals surface area contributed by atoms with Crippen LogP contribution < -0.4 is 10.6 Å². The SMILES string of the molecule is Cc1c(F)cccc1NC(=O)/C=C/c1ccc2c(c1F)NC(=O)C2. The Bertz CT molecular complexity index is 876. The van der Waals surface area contributed by atoms with Gasteiger partial charge in [-0.3, -0.25) is 9.59 Å². The second kappa shape index (κ2) is 6.23. The van der Waals surface area contributed by atoms with Crippen LogP contribution in [0.3, 0.4) is 0 Å². The highest BCUT2D eigenvalue weighted by Crippen LogP contribution is 2.29. The zero-order valence-corrected chi connectivity index (χ0v) is 12.8. The van der Waals surface area contributed by atoms with Gasteiger partial charge in [0.1, 0.15) is 5.82 Å². The molecule has 2 aromatic carbocycles. The summed E-state index contributed by atoms with van der Waals surface area (Å²) < 4.78 is 27.7. The van der Waals surface area contributed by atoms with Crippen molar-refractivity contribution in [1.29, 1.82) is 0 Å². The van der Waals surface area contributed by atoms with E-state index in [-0.39, 0.29) is 23.6 Å². The predicted molar refractivity (Wildman–Crippen MR) is 87.5 cm³/mol. The van der Waals surface area contributed by atoms with Gasteiger partial charge in [0.05, 0.1) is 12.1 Å². The van der Waals surface area contributed by atoms with Crippen molar-refractivity contribution < 1.29 is 18.4 Å². The van der Waals surface area contributed by atoms with Gasteiger partial charge in [0.25, 0.3) is 0 Å². The predicted octanol–water partition coefficient (Wildman–Crippen LogP) is 3.42. The van der Waals surface area contributed by atoms with Gasteiger partial charge in [-0.1, -0.05) is 18.2 Å². The molecule has 1 heterocycles. The fraction of sp³-hybridized carbons (Fsp3) is 0.111. The average Bonchev–Trinajstić information content (AvgIpc) is 2.93. The third-order valence-electron chi connectivity index (χ3n) is 3.81. The van der Waals surface area contributed by atoms with Crippen molar-refractivity contribution in [3.05, 3.63) is 64.7 Å². The zero-order chi connectivity index (χ0) is 17.3. The van der Waals surface area contributed by atoms with Crippen molar-refractivity contribution in [3.8, 4) is 0 Å². The Morgan fingerprint density at radius 3 is 2.83 bits per heavy atom. The number of amides is 2. The Morgan fingerprint density at radius 1 is 1.25 bits per heavy atom. The van der Waals surface area contributed by atoms with Gasteiger partial charge >= 0.3 is 0 Å². The molecule has 2 N–H and O–H groups in total. The van der Waals surface area contributed by atoms with E-state index in [4.69, 9.17) is 0 Å². The maximum Gasteiger partial charge on any atom is 0.248 e. The first-order chi connectivity index (χ1) is 11.5. The van der Waals surface area contributed by atoms with Gasteiger partial charge in [0.2, 0.25) is 11.8 Å². The minimum atomic E-state index is -0.579. The molecule has 0 aliphatic carbocycles. The molecule has 4 nitrogen and oxygen atoms in total. The van der Waals surface area contributed by atoms with Crippen LogP contribution >= 0.6 is 0 Å². The minimum Gasteiger partial charge on any atom is -0.323 e. The molecule has 0 spiro atoms. The second-order valence-corrected chi connectivity index (χ2v) is 5.46. The van der Waals surface area contributed by atoms with Crippen molar-refractivity contribution in [2.24, 2.45) is 0 Å². The van der Waals surface area contributed by atoms with Gasteiger partial charge in [0, 0.05) is 22.9 Å². The molecule has 0 radical (unpaired) electrons. The largest absolute Gasteiger partial charge is 0.323 e. The highest BCUT2D eigenvalue weighted by molar-refractivity contribution is 6.03. The molecule has 0 aromatic heterocycles. The standard InChI is InChI=1S/C18H14F2N2O2/c1-10-13(19)3-2-4-14(10)21-15(23)8-7-11-5-6-12-9-16(24)22-18(12)17(11)20/h2-8H,9H2,1H3,(H,21,23)(H,22,24)/b8-7+. The maximum atomic E-state index is 14.3. The normalized spacial score (nSPS) is 13.0. The average molecular weight is 328 g/mol. The van der Waals surface area contributed by atoms with Crippen LogP contribution in [0.1, 0.15) is 16.7 Å². The molecule has 0 unspecified atom stereocenters. The van der Waals surface area contributed by atoms with Crippen LogP contribution in [0.4, 0.5) is 20.2 Å². The molecule has 3 rings (SSSR count). The Kier molecular flexibility index (Phi) is 4.12. The van der Waals surface area contributed by atoms with Crippen molar-refractivity contribution in [1.82, 2.24) is 0 Å². The summed E-state index contributed by atoms with van der Waals surface area (Å²) >= 11 is 0. The first-order valence-corrected chi connectivity index (χ1v) is 7.31. The molecule has 0 saturated carbocycles. The molecule has 2 aromatic rings. The van der Waals surface area contributed by atoms with Crippen LogP contribution in [0.15, 0.2) is 36.4 Å². The molecule has 6 heteroatoms. The van der Waals surface area contributed by atoms with Gasteiger partial charge in [-0.25, -0.2) is 8.78 Å². The summed E-state index contributed by atoms with van der Waals surface area (Å²) in [5.41, 5.74) is 1.61.